The SMILES string of the molecule is COC(=O)c1c(C)c(C(=O)C(C)N(C(=O)C2CC2)C2CCCCC2)c(C)n1C. The molecule has 2 fully saturated rings. The van der Waals surface area contributed by atoms with Crippen molar-refractivity contribution in [3.63, 3.8) is 0 Å². The Hall–Kier alpha value is -2.11. The van der Waals surface area contributed by atoms with E-state index < -0.39 is 12.0 Å². The first-order valence-electron chi connectivity index (χ1n) is 10.4. The smallest absolute Gasteiger partial charge is 0.354 e. The Labute approximate surface area is 167 Å². The van der Waals surface area contributed by atoms with Crippen LogP contribution < -0.4 is 0 Å². The predicted octanol–water partition coefficient (Wildman–Crippen LogP) is 3.57. The number of carbonyl (C=O) groups is 3. The van der Waals surface area contributed by atoms with Gasteiger partial charge in [-0.15, -0.1) is 0 Å². The normalized spacial score (nSPS) is 18.6. The zero-order valence-corrected chi connectivity index (χ0v) is 17.7. The topological polar surface area (TPSA) is 68.6 Å². The Bertz CT molecular complexity index is 785. The van der Waals surface area contributed by atoms with Crippen LogP contribution in [0.2, 0.25) is 0 Å². The van der Waals surface area contributed by atoms with Crippen LogP contribution in [0, 0.1) is 19.8 Å². The number of methoxy groups -OCH3 is 1. The van der Waals surface area contributed by atoms with Gasteiger partial charge in [-0.1, -0.05) is 19.3 Å². The lowest BCUT2D eigenvalue weighted by Crippen LogP contribution is -2.50. The van der Waals surface area contributed by atoms with Crippen LogP contribution >= 0.6 is 0 Å². The molecule has 6 heteroatoms. The molecule has 1 aromatic heterocycles. The van der Waals surface area contributed by atoms with E-state index in [9.17, 15) is 14.4 Å². The number of hydrogen-bond donors (Lipinski definition) is 0. The fourth-order valence-corrected chi connectivity index (χ4v) is 4.65. The van der Waals surface area contributed by atoms with Crippen LogP contribution in [0.3, 0.4) is 0 Å². The maximum absolute atomic E-state index is 13.5. The standard InChI is InChI=1S/C22H32N2O4/c1-13-18(14(2)23(4)19(13)22(27)28-5)20(25)15(3)24(21(26)16-11-12-16)17-9-7-6-8-10-17/h15-17H,6-12H2,1-5H3. The molecule has 0 saturated heterocycles. The zero-order chi connectivity index (χ0) is 20.6. The number of ether oxygens (including phenoxy) is 1. The fraction of sp³-hybridized carbons (Fsp3) is 0.682. The van der Waals surface area contributed by atoms with Crippen molar-refractivity contribution in [3.8, 4) is 0 Å². The van der Waals surface area contributed by atoms with Crippen LogP contribution in [-0.2, 0) is 16.6 Å². The van der Waals surface area contributed by atoms with Gasteiger partial charge in [-0.3, -0.25) is 9.59 Å². The van der Waals surface area contributed by atoms with E-state index in [1.807, 2.05) is 18.7 Å². The zero-order valence-electron chi connectivity index (χ0n) is 17.7. The summed E-state index contributed by atoms with van der Waals surface area (Å²) < 4.78 is 6.61. The third-order valence-corrected chi connectivity index (χ3v) is 6.50. The molecular weight excluding hydrogens is 356 g/mol. The average molecular weight is 389 g/mol. The summed E-state index contributed by atoms with van der Waals surface area (Å²) in [6.45, 7) is 5.47. The number of amides is 1. The first-order chi connectivity index (χ1) is 13.3. The largest absolute Gasteiger partial charge is 0.464 e. The van der Waals surface area contributed by atoms with Crippen molar-refractivity contribution in [2.45, 2.75) is 77.8 Å². The Morgan fingerprint density at radius 2 is 1.68 bits per heavy atom. The minimum absolute atomic E-state index is 0.0830. The highest BCUT2D eigenvalue weighted by Crippen LogP contribution is 2.36. The van der Waals surface area contributed by atoms with E-state index in [1.54, 1.807) is 18.5 Å². The van der Waals surface area contributed by atoms with Crippen LogP contribution in [0.4, 0.5) is 0 Å². The first-order valence-corrected chi connectivity index (χ1v) is 10.4. The lowest BCUT2D eigenvalue weighted by molar-refractivity contribution is -0.137. The van der Waals surface area contributed by atoms with Crippen molar-refractivity contribution >= 4 is 17.7 Å². The van der Waals surface area contributed by atoms with Crippen LogP contribution in [-0.4, -0.2) is 46.3 Å². The summed E-state index contributed by atoms with van der Waals surface area (Å²) >= 11 is 0. The molecule has 0 N–H and O–H groups in total. The highest BCUT2D eigenvalue weighted by molar-refractivity contribution is 6.06. The maximum atomic E-state index is 13.5. The van der Waals surface area contributed by atoms with Crippen molar-refractivity contribution in [1.29, 1.82) is 0 Å². The van der Waals surface area contributed by atoms with Crippen molar-refractivity contribution in [3.05, 3.63) is 22.5 Å². The lowest BCUT2D eigenvalue weighted by atomic mass is 9.91. The van der Waals surface area contributed by atoms with Crippen LogP contribution in [0.5, 0.6) is 0 Å². The molecule has 2 aliphatic rings. The van der Waals surface area contributed by atoms with Gasteiger partial charge < -0.3 is 14.2 Å². The van der Waals surface area contributed by atoms with Crippen LogP contribution in [0.15, 0.2) is 0 Å². The van der Waals surface area contributed by atoms with E-state index in [4.69, 9.17) is 4.74 Å². The van der Waals surface area contributed by atoms with Gasteiger partial charge in [-0.2, -0.15) is 0 Å². The van der Waals surface area contributed by atoms with Gasteiger partial charge >= 0.3 is 5.97 Å². The van der Waals surface area contributed by atoms with Gasteiger partial charge in [0.05, 0.1) is 13.2 Å². The van der Waals surface area contributed by atoms with E-state index in [-0.39, 0.29) is 23.7 Å². The van der Waals surface area contributed by atoms with Crippen molar-refractivity contribution < 1.29 is 19.1 Å². The lowest BCUT2D eigenvalue weighted by Gasteiger charge is -2.38. The molecule has 1 atom stereocenters. The average Bonchev–Trinajstić information content (AvgIpc) is 3.50. The van der Waals surface area contributed by atoms with E-state index in [0.29, 0.717) is 16.8 Å². The second kappa shape index (κ2) is 8.10. The first kappa shape index (κ1) is 20.6. The van der Waals surface area contributed by atoms with E-state index >= 15 is 0 Å². The summed E-state index contributed by atoms with van der Waals surface area (Å²) in [5.74, 6) is -0.318. The molecule has 0 bridgehead atoms. The van der Waals surface area contributed by atoms with E-state index in [0.717, 1.165) is 44.2 Å². The van der Waals surface area contributed by atoms with Crippen LogP contribution in [0.25, 0.3) is 0 Å². The van der Waals surface area contributed by atoms with Gasteiger partial charge in [0.2, 0.25) is 5.91 Å². The molecule has 0 aliphatic heterocycles. The van der Waals surface area contributed by atoms with Crippen molar-refractivity contribution in [2.24, 2.45) is 13.0 Å². The Balaban J connectivity index is 1.95. The minimum Gasteiger partial charge on any atom is -0.464 e. The summed E-state index contributed by atoms with van der Waals surface area (Å²) in [5, 5.41) is 0. The van der Waals surface area contributed by atoms with Gasteiger partial charge in [0.15, 0.2) is 5.78 Å². The third-order valence-electron chi connectivity index (χ3n) is 6.50. The monoisotopic (exact) mass is 388 g/mol. The number of rotatable bonds is 6. The van der Waals surface area contributed by atoms with Gasteiger partial charge in [-0.25, -0.2) is 4.79 Å². The molecule has 1 amide bonds. The fourth-order valence-electron chi connectivity index (χ4n) is 4.65. The molecule has 1 unspecified atom stereocenters. The summed E-state index contributed by atoms with van der Waals surface area (Å²) in [4.78, 5) is 40.7. The molecule has 2 saturated carbocycles. The third kappa shape index (κ3) is 3.61. The van der Waals surface area contributed by atoms with E-state index in [2.05, 4.69) is 0 Å². The Kier molecular flexibility index (Phi) is 5.96. The number of aromatic nitrogens is 1. The second-order valence-electron chi connectivity index (χ2n) is 8.34. The van der Waals surface area contributed by atoms with E-state index in [1.165, 1.54) is 13.5 Å². The molecule has 1 heterocycles. The molecule has 0 spiro atoms. The van der Waals surface area contributed by atoms with Crippen molar-refractivity contribution in [2.75, 3.05) is 7.11 Å². The molecule has 0 aromatic carbocycles. The number of ketones is 1. The summed E-state index contributed by atoms with van der Waals surface area (Å²) in [7, 11) is 3.11. The summed E-state index contributed by atoms with van der Waals surface area (Å²) in [5.41, 5.74) is 2.30. The number of esters is 1. The highest BCUT2D eigenvalue weighted by Gasteiger charge is 2.41. The molecule has 28 heavy (non-hydrogen) atoms. The number of Topliss-reactive ketones (excluding diaryl/α,β-unsaturated/α-hetero) is 1. The molecule has 154 valence electrons. The number of nitrogens with zero attached hydrogens (tertiary/aromatic N) is 2. The van der Waals surface area contributed by atoms with Crippen molar-refractivity contribution in [1.82, 2.24) is 9.47 Å². The minimum atomic E-state index is -0.526. The quantitative estimate of drug-likeness (QED) is 0.552. The maximum Gasteiger partial charge on any atom is 0.354 e. The summed E-state index contributed by atoms with van der Waals surface area (Å²) in [6, 6.07) is -0.383. The number of hydrogen-bond acceptors (Lipinski definition) is 4. The second-order valence-corrected chi connectivity index (χ2v) is 8.34. The van der Waals surface area contributed by atoms with Gasteiger partial charge in [0, 0.05) is 30.3 Å². The molecule has 2 aliphatic carbocycles. The molecule has 6 nitrogen and oxygen atoms in total. The molecular formula is C22H32N2O4. The van der Waals surface area contributed by atoms with Gasteiger partial charge in [0.1, 0.15) is 5.69 Å². The predicted molar refractivity (Wildman–Crippen MR) is 106 cm³/mol. The highest BCUT2D eigenvalue weighted by atomic mass is 16.5. The van der Waals surface area contributed by atoms with Gasteiger partial charge in [-0.05, 0) is 52.0 Å². The summed E-state index contributed by atoms with van der Waals surface area (Å²) in [6.07, 6.45) is 7.21. The van der Waals surface area contributed by atoms with Gasteiger partial charge in [0.25, 0.3) is 0 Å². The number of carbonyl (C=O) groups excluding carboxylic acids is 3. The molecule has 3 rings (SSSR count). The Morgan fingerprint density at radius 1 is 1.07 bits per heavy atom. The van der Waals surface area contributed by atoms with Crippen LogP contribution in [0.1, 0.15) is 84.0 Å². The Morgan fingerprint density at radius 3 is 2.21 bits per heavy atom. The molecule has 1 aromatic rings. The molecule has 0 radical (unpaired) electrons.